The molecular formula is C16H16O3. The highest BCUT2D eigenvalue weighted by molar-refractivity contribution is 5.78. The summed E-state index contributed by atoms with van der Waals surface area (Å²) in [4.78, 5) is 11.0. The summed E-state index contributed by atoms with van der Waals surface area (Å²) in [5.41, 5.74) is 3.86. The van der Waals surface area contributed by atoms with Crippen molar-refractivity contribution in [2.75, 3.05) is 7.11 Å². The largest absolute Gasteiger partial charge is 0.497 e. The van der Waals surface area contributed by atoms with Gasteiger partial charge in [-0.25, -0.2) is 0 Å². The predicted octanol–water partition coefficient (Wildman–Crippen LogP) is 3.30. The van der Waals surface area contributed by atoms with Gasteiger partial charge in [0.1, 0.15) is 5.75 Å². The molecule has 0 heterocycles. The summed E-state index contributed by atoms with van der Waals surface area (Å²) >= 11 is 0. The maximum absolute atomic E-state index is 11.0. The first kappa shape index (κ1) is 13.1. The standard InChI is InChI=1S/C16H16O3/c1-11-5-3-4-6-14(11)15-10-13(19-2)8-7-12(15)9-16(17)18/h3-8,10H,9H2,1-2H3,(H,17,18). The molecule has 2 aromatic rings. The molecule has 0 spiro atoms. The van der Waals surface area contributed by atoms with E-state index in [1.807, 2.05) is 43.3 Å². The van der Waals surface area contributed by atoms with Crippen molar-refractivity contribution in [1.29, 1.82) is 0 Å². The Morgan fingerprint density at radius 1 is 1.16 bits per heavy atom. The number of carbonyl (C=O) groups is 1. The second-order valence-corrected chi connectivity index (χ2v) is 4.41. The van der Waals surface area contributed by atoms with Gasteiger partial charge in [-0.2, -0.15) is 0 Å². The van der Waals surface area contributed by atoms with E-state index < -0.39 is 5.97 Å². The molecule has 0 aliphatic carbocycles. The highest BCUT2D eigenvalue weighted by atomic mass is 16.5. The number of aliphatic carboxylic acids is 1. The summed E-state index contributed by atoms with van der Waals surface area (Å²) in [6, 6.07) is 13.4. The fourth-order valence-corrected chi connectivity index (χ4v) is 2.13. The number of hydrogen-bond donors (Lipinski definition) is 1. The zero-order chi connectivity index (χ0) is 13.8. The molecule has 0 aromatic heterocycles. The summed E-state index contributed by atoms with van der Waals surface area (Å²) in [5.74, 6) is -0.104. The van der Waals surface area contributed by atoms with Gasteiger partial charge in [0.25, 0.3) is 0 Å². The van der Waals surface area contributed by atoms with Crippen molar-refractivity contribution >= 4 is 5.97 Å². The number of hydrogen-bond acceptors (Lipinski definition) is 2. The third-order valence-corrected chi connectivity index (χ3v) is 3.09. The van der Waals surface area contributed by atoms with Crippen molar-refractivity contribution in [2.24, 2.45) is 0 Å². The molecule has 0 amide bonds. The van der Waals surface area contributed by atoms with Gasteiger partial charge in [-0.15, -0.1) is 0 Å². The Morgan fingerprint density at radius 3 is 2.53 bits per heavy atom. The van der Waals surface area contributed by atoms with Gasteiger partial charge in [0.2, 0.25) is 0 Å². The van der Waals surface area contributed by atoms with Crippen molar-refractivity contribution < 1.29 is 14.6 Å². The normalized spacial score (nSPS) is 10.2. The van der Waals surface area contributed by atoms with E-state index in [4.69, 9.17) is 9.84 Å². The fourth-order valence-electron chi connectivity index (χ4n) is 2.13. The van der Waals surface area contributed by atoms with Gasteiger partial charge in [-0.3, -0.25) is 4.79 Å². The second-order valence-electron chi connectivity index (χ2n) is 4.41. The van der Waals surface area contributed by atoms with Crippen LogP contribution in [0.15, 0.2) is 42.5 Å². The number of aryl methyl sites for hydroxylation is 1. The summed E-state index contributed by atoms with van der Waals surface area (Å²) < 4.78 is 5.23. The zero-order valence-electron chi connectivity index (χ0n) is 11.0. The lowest BCUT2D eigenvalue weighted by Gasteiger charge is -2.12. The van der Waals surface area contributed by atoms with Crippen molar-refractivity contribution in [1.82, 2.24) is 0 Å². The number of carboxylic acid groups (broad SMARTS) is 1. The van der Waals surface area contributed by atoms with Crippen LogP contribution in [0.5, 0.6) is 5.75 Å². The number of methoxy groups -OCH3 is 1. The summed E-state index contributed by atoms with van der Waals surface area (Å²) in [5, 5.41) is 9.00. The lowest BCUT2D eigenvalue weighted by atomic mass is 9.94. The molecule has 0 saturated heterocycles. The maximum Gasteiger partial charge on any atom is 0.307 e. The second kappa shape index (κ2) is 5.57. The molecule has 1 N–H and O–H groups in total. The Balaban J connectivity index is 2.58. The van der Waals surface area contributed by atoms with Gasteiger partial charge in [0, 0.05) is 0 Å². The van der Waals surface area contributed by atoms with Gasteiger partial charge >= 0.3 is 5.97 Å². The Bertz CT molecular complexity index is 603. The molecule has 0 atom stereocenters. The van der Waals surface area contributed by atoms with Crippen LogP contribution in [0.1, 0.15) is 11.1 Å². The van der Waals surface area contributed by atoms with Crippen LogP contribution in [-0.2, 0) is 11.2 Å². The fraction of sp³-hybridized carbons (Fsp3) is 0.188. The van der Waals surface area contributed by atoms with Gasteiger partial charge in [-0.05, 0) is 41.3 Å². The maximum atomic E-state index is 11.0. The van der Waals surface area contributed by atoms with Gasteiger partial charge in [0.05, 0.1) is 13.5 Å². The van der Waals surface area contributed by atoms with E-state index in [1.165, 1.54) is 0 Å². The SMILES string of the molecule is COc1ccc(CC(=O)O)c(-c2ccccc2C)c1. The molecule has 2 rings (SSSR count). The van der Waals surface area contributed by atoms with Crippen molar-refractivity contribution in [3.8, 4) is 16.9 Å². The molecule has 0 radical (unpaired) electrons. The average Bonchev–Trinajstić information content (AvgIpc) is 2.39. The van der Waals surface area contributed by atoms with E-state index in [1.54, 1.807) is 13.2 Å². The van der Waals surface area contributed by atoms with Gasteiger partial charge < -0.3 is 9.84 Å². The molecule has 2 aromatic carbocycles. The summed E-state index contributed by atoms with van der Waals surface area (Å²) in [6.45, 7) is 2.01. The lowest BCUT2D eigenvalue weighted by Crippen LogP contribution is -2.02. The minimum Gasteiger partial charge on any atom is -0.497 e. The van der Waals surface area contributed by atoms with Gasteiger partial charge in [-0.1, -0.05) is 30.3 Å². The first-order chi connectivity index (χ1) is 9.11. The highest BCUT2D eigenvalue weighted by Crippen LogP contribution is 2.30. The van der Waals surface area contributed by atoms with Crippen LogP contribution >= 0.6 is 0 Å². The average molecular weight is 256 g/mol. The molecule has 3 heteroatoms. The Kier molecular flexibility index (Phi) is 3.85. The molecule has 0 unspecified atom stereocenters. The predicted molar refractivity (Wildman–Crippen MR) is 74.5 cm³/mol. The van der Waals surface area contributed by atoms with E-state index in [9.17, 15) is 4.79 Å². The van der Waals surface area contributed by atoms with Crippen LogP contribution in [0.2, 0.25) is 0 Å². The minimum atomic E-state index is -0.833. The van der Waals surface area contributed by atoms with Crippen molar-refractivity contribution in [3.05, 3.63) is 53.6 Å². The van der Waals surface area contributed by atoms with Crippen LogP contribution in [0, 0.1) is 6.92 Å². The molecule has 0 aliphatic heterocycles. The van der Waals surface area contributed by atoms with E-state index in [-0.39, 0.29) is 6.42 Å². The molecule has 0 aliphatic rings. The van der Waals surface area contributed by atoms with Crippen LogP contribution < -0.4 is 4.74 Å². The van der Waals surface area contributed by atoms with Crippen LogP contribution in [-0.4, -0.2) is 18.2 Å². The Morgan fingerprint density at radius 2 is 1.89 bits per heavy atom. The third kappa shape index (κ3) is 2.94. The minimum absolute atomic E-state index is 0.00760. The van der Waals surface area contributed by atoms with Gasteiger partial charge in [0.15, 0.2) is 0 Å². The Labute approximate surface area is 112 Å². The molecule has 19 heavy (non-hydrogen) atoms. The smallest absolute Gasteiger partial charge is 0.307 e. The topological polar surface area (TPSA) is 46.5 Å². The number of ether oxygens (including phenoxy) is 1. The van der Waals surface area contributed by atoms with E-state index >= 15 is 0 Å². The summed E-state index contributed by atoms with van der Waals surface area (Å²) in [7, 11) is 1.60. The monoisotopic (exact) mass is 256 g/mol. The molecule has 98 valence electrons. The van der Waals surface area contributed by atoms with E-state index in [0.29, 0.717) is 0 Å². The lowest BCUT2D eigenvalue weighted by molar-refractivity contribution is -0.136. The first-order valence-electron chi connectivity index (χ1n) is 6.06. The van der Waals surface area contributed by atoms with E-state index in [2.05, 4.69) is 0 Å². The quantitative estimate of drug-likeness (QED) is 0.913. The number of carboxylic acids is 1. The molecule has 0 fully saturated rings. The third-order valence-electron chi connectivity index (χ3n) is 3.09. The molecular weight excluding hydrogens is 240 g/mol. The summed E-state index contributed by atoms with van der Waals surface area (Å²) in [6.07, 6.45) is 0.00760. The van der Waals surface area contributed by atoms with Crippen LogP contribution in [0.4, 0.5) is 0 Å². The van der Waals surface area contributed by atoms with Crippen LogP contribution in [0.3, 0.4) is 0 Å². The first-order valence-corrected chi connectivity index (χ1v) is 6.06. The molecule has 0 bridgehead atoms. The number of benzene rings is 2. The van der Waals surface area contributed by atoms with Crippen molar-refractivity contribution in [2.45, 2.75) is 13.3 Å². The van der Waals surface area contributed by atoms with Crippen molar-refractivity contribution in [3.63, 3.8) is 0 Å². The zero-order valence-corrected chi connectivity index (χ0v) is 11.0. The van der Waals surface area contributed by atoms with E-state index in [0.717, 1.165) is 28.0 Å². The van der Waals surface area contributed by atoms with Crippen LogP contribution in [0.25, 0.3) is 11.1 Å². The molecule has 3 nitrogen and oxygen atoms in total. The highest BCUT2D eigenvalue weighted by Gasteiger charge is 2.11. The Hall–Kier alpha value is -2.29. The molecule has 0 saturated carbocycles. The number of rotatable bonds is 4.